The largest absolute Gasteiger partial charge is 0.445 e. The molecule has 2 aromatic rings. The van der Waals surface area contributed by atoms with Crippen LogP contribution in [0, 0.1) is 0 Å². The van der Waals surface area contributed by atoms with E-state index in [1.165, 1.54) is 0 Å². The molecule has 10 nitrogen and oxygen atoms in total. The summed E-state index contributed by atoms with van der Waals surface area (Å²) in [6.45, 7) is 1.26. The predicted molar refractivity (Wildman–Crippen MR) is 141 cm³/mol. The lowest BCUT2D eigenvalue weighted by Crippen LogP contribution is -2.61. The van der Waals surface area contributed by atoms with E-state index >= 15 is 0 Å². The number of carbonyl (C=O) groups excluding carboxylic acids is 4. The van der Waals surface area contributed by atoms with Gasteiger partial charge in [0.25, 0.3) is 0 Å². The van der Waals surface area contributed by atoms with Gasteiger partial charge in [-0.3, -0.25) is 9.59 Å². The molecule has 1 heterocycles. The lowest BCUT2D eigenvalue weighted by Gasteiger charge is -2.29. The van der Waals surface area contributed by atoms with E-state index in [1.54, 1.807) is 0 Å². The van der Waals surface area contributed by atoms with Crippen LogP contribution in [0.3, 0.4) is 0 Å². The highest BCUT2D eigenvalue weighted by Crippen LogP contribution is 2.10. The van der Waals surface area contributed by atoms with Crippen molar-refractivity contribution in [2.75, 3.05) is 13.1 Å². The SMILES string of the molecule is O=C(NCCCC[C@@H]1NC(=O)[C@H](CCCCNC(=O)OCc2ccccc2)NC1=O)OCc1ccccc1. The number of amides is 4. The number of hydrogen-bond acceptors (Lipinski definition) is 6. The zero-order valence-corrected chi connectivity index (χ0v) is 21.4. The van der Waals surface area contributed by atoms with E-state index in [9.17, 15) is 19.2 Å². The van der Waals surface area contributed by atoms with Crippen LogP contribution in [0.1, 0.15) is 49.7 Å². The summed E-state index contributed by atoms with van der Waals surface area (Å²) in [5.41, 5.74) is 1.83. The number of rotatable bonds is 14. The number of benzene rings is 2. The lowest BCUT2D eigenvalue weighted by atomic mass is 10.0. The highest BCUT2D eigenvalue weighted by atomic mass is 16.6. The van der Waals surface area contributed by atoms with E-state index in [0.717, 1.165) is 11.1 Å². The highest BCUT2D eigenvalue weighted by molar-refractivity contribution is 5.96. The topological polar surface area (TPSA) is 135 Å². The molecule has 4 amide bonds. The van der Waals surface area contributed by atoms with Crippen molar-refractivity contribution in [2.24, 2.45) is 0 Å². The van der Waals surface area contributed by atoms with Gasteiger partial charge in [0.15, 0.2) is 0 Å². The molecule has 3 rings (SSSR count). The van der Waals surface area contributed by atoms with E-state index in [0.29, 0.717) is 51.6 Å². The minimum absolute atomic E-state index is 0.201. The number of piperazine rings is 1. The Morgan fingerprint density at radius 2 is 1.03 bits per heavy atom. The number of hydrogen-bond donors (Lipinski definition) is 4. The molecule has 2 atom stereocenters. The van der Waals surface area contributed by atoms with Crippen molar-refractivity contribution < 1.29 is 28.7 Å². The summed E-state index contributed by atoms with van der Waals surface area (Å²) in [5, 5.41) is 11.0. The smallest absolute Gasteiger partial charge is 0.407 e. The second kappa shape index (κ2) is 15.9. The van der Waals surface area contributed by atoms with Crippen LogP contribution >= 0.6 is 0 Å². The molecule has 1 saturated heterocycles. The Morgan fingerprint density at radius 1 is 0.632 bits per heavy atom. The zero-order chi connectivity index (χ0) is 27.0. The van der Waals surface area contributed by atoms with Gasteiger partial charge in [-0.2, -0.15) is 0 Å². The Labute approximate surface area is 222 Å². The molecular formula is C28H36N4O6. The average molecular weight is 525 g/mol. The third-order valence-corrected chi connectivity index (χ3v) is 6.07. The van der Waals surface area contributed by atoms with E-state index < -0.39 is 24.3 Å². The van der Waals surface area contributed by atoms with Crippen LogP contribution < -0.4 is 21.3 Å². The molecule has 4 N–H and O–H groups in total. The molecule has 0 radical (unpaired) electrons. The number of unbranched alkanes of at least 4 members (excludes halogenated alkanes) is 2. The van der Waals surface area contributed by atoms with Crippen molar-refractivity contribution in [3.8, 4) is 0 Å². The van der Waals surface area contributed by atoms with Crippen LogP contribution in [-0.4, -0.2) is 49.2 Å². The first-order valence-electron chi connectivity index (χ1n) is 13.0. The normalized spacial score (nSPS) is 16.6. The molecule has 0 saturated carbocycles. The number of nitrogens with one attached hydrogen (secondary N) is 4. The average Bonchev–Trinajstić information content (AvgIpc) is 2.93. The Kier molecular flexibility index (Phi) is 11.9. The van der Waals surface area contributed by atoms with Gasteiger partial charge in [-0.15, -0.1) is 0 Å². The van der Waals surface area contributed by atoms with Gasteiger partial charge in [-0.25, -0.2) is 9.59 Å². The molecular weight excluding hydrogens is 488 g/mol. The summed E-state index contributed by atoms with van der Waals surface area (Å²) in [6.07, 6.45) is 2.64. The van der Waals surface area contributed by atoms with E-state index in [4.69, 9.17) is 9.47 Å². The zero-order valence-electron chi connectivity index (χ0n) is 21.4. The standard InChI is InChI=1S/C28H36N4O6/c33-25-23(15-7-9-17-29-27(35)37-19-21-11-3-1-4-12-21)31-26(34)24(32-25)16-8-10-18-30-28(36)38-20-22-13-5-2-6-14-22/h1-6,11-14,23-24H,7-10,15-20H2,(H,29,35)(H,30,36)(H,31,34)(H,32,33)/t23-,24-/m0/s1. The number of ether oxygens (including phenoxy) is 2. The third kappa shape index (κ3) is 10.5. The second-order valence-electron chi connectivity index (χ2n) is 9.09. The van der Waals surface area contributed by atoms with Crippen molar-refractivity contribution in [2.45, 2.75) is 63.8 Å². The molecule has 1 fully saturated rings. The van der Waals surface area contributed by atoms with Crippen LogP contribution in [-0.2, 0) is 32.3 Å². The maximum atomic E-state index is 12.4. The molecule has 0 unspecified atom stereocenters. The molecule has 204 valence electrons. The quantitative estimate of drug-likeness (QED) is 0.281. The molecule has 38 heavy (non-hydrogen) atoms. The van der Waals surface area contributed by atoms with Crippen molar-refractivity contribution in [1.29, 1.82) is 0 Å². The van der Waals surface area contributed by atoms with Gasteiger partial charge in [0.2, 0.25) is 11.8 Å². The first kappa shape index (κ1) is 28.5. The molecule has 2 aromatic carbocycles. The van der Waals surface area contributed by atoms with E-state index in [1.807, 2.05) is 60.7 Å². The molecule has 10 heteroatoms. The molecule has 0 aromatic heterocycles. The monoisotopic (exact) mass is 524 g/mol. The summed E-state index contributed by atoms with van der Waals surface area (Å²) in [5.74, 6) is -0.403. The van der Waals surface area contributed by atoms with Crippen LogP contribution in [0.25, 0.3) is 0 Å². The van der Waals surface area contributed by atoms with Gasteiger partial charge in [0.1, 0.15) is 25.3 Å². The minimum atomic E-state index is -0.579. The van der Waals surface area contributed by atoms with Gasteiger partial charge < -0.3 is 30.7 Å². The van der Waals surface area contributed by atoms with Crippen molar-refractivity contribution in [3.63, 3.8) is 0 Å². The van der Waals surface area contributed by atoms with E-state index in [-0.39, 0.29) is 25.0 Å². The Bertz CT molecular complexity index is 951. The van der Waals surface area contributed by atoms with Gasteiger partial charge in [0.05, 0.1) is 0 Å². The van der Waals surface area contributed by atoms with Crippen LogP contribution in [0.5, 0.6) is 0 Å². The Hall–Kier alpha value is -4.08. The maximum Gasteiger partial charge on any atom is 0.407 e. The first-order valence-corrected chi connectivity index (χ1v) is 13.0. The van der Waals surface area contributed by atoms with Crippen LogP contribution in [0.4, 0.5) is 9.59 Å². The summed E-state index contributed by atoms with van der Waals surface area (Å²) < 4.78 is 10.3. The van der Waals surface area contributed by atoms with Crippen LogP contribution in [0.2, 0.25) is 0 Å². The molecule has 0 spiro atoms. The van der Waals surface area contributed by atoms with Gasteiger partial charge in [0, 0.05) is 13.1 Å². The van der Waals surface area contributed by atoms with Gasteiger partial charge in [-0.05, 0) is 49.7 Å². The lowest BCUT2D eigenvalue weighted by molar-refractivity contribution is -0.137. The minimum Gasteiger partial charge on any atom is -0.445 e. The fourth-order valence-electron chi connectivity index (χ4n) is 3.96. The van der Waals surface area contributed by atoms with Crippen molar-refractivity contribution in [1.82, 2.24) is 21.3 Å². The summed E-state index contributed by atoms with van der Waals surface area (Å²) in [4.78, 5) is 48.4. The predicted octanol–water partition coefficient (Wildman–Crippen LogP) is 3.16. The maximum absolute atomic E-state index is 12.4. The Balaban J connectivity index is 1.20. The number of alkyl carbamates (subject to hydrolysis) is 2. The molecule has 0 bridgehead atoms. The summed E-state index contributed by atoms with van der Waals surface area (Å²) in [6, 6.07) is 17.7. The van der Waals surface area contributed by atoms with Gasteiger partial charge in [-0.1, -0.05) is 60.7 Å². The molecule has 1 aliphatic heterocycles. The third-order valence-electron chi connectivity index (χ3n) is 6.07. The molecule has 1 aliphatic rings. The Morgan fingerprint density at radius 3 is 1.42 bits per heavy atom. The summed E-state index contributed by atoms with van der Waals surface area (Å²) in [7, 11) is 0. The number of carbonyl (C=O) groups is 4. The van der Waals surface area contributed by atoms with Crippen molar-refractivity contribution >= 4 is 24.0 Å². The van der Waals surface area contributed by atoms with Crippen molar-refractivity contribution in [3.05, 3.63) is 71.8 Å². The second-order valence-corrected chi connectivity index (χ2v) is 9.09. The fourth-order valence-corrected chi connectivity index (χ4v) is 3.96. The summed E-state index contributed by atoms with van der Waals surface area (Å²) >= 11 is 0. The van der Waals surface area contributed by atoms with Gasteiger partial charge >= 0.3 is 12.2 Å². The first-order chi connectivity index (χ1) is 18.5. The highest BCUT2D eigenvalue weighted by Gasteiger charge is 2.32. The fraction of sp³-hybridized carbons (Fsp3) is 0.429. The van der Waals surface area contributed by atoms with E-state index in [2.05, 4.69) is 21.3 Å². The van der Waals surface area contributed by atoms with Crippen LogP contribution in [0.15, 0.2) is 60.7 Å². The molecule has 0 aliphatic carbocycles.